The molecular formula is C27H52O2. The van der Waals surface area contributed by atoms with E-state index >= 15 is 0 Å². The third kappa shape index (κ3) is 8.17. The lowest BCUT2D eigenvalue weighted by Crippen LogP contribution is -2.40. The first kappa shape index (κ1) is 25.2. The zero-order chi connectivity index (χ0) is 21.8. The maximum atomic E-state index is 6.67. The monoisotopic (exact) mass is 408 g/mol. The molecule has 8 atom stereocenters. The van der Waals surface area contributed by atoms with Gasteiger partial charge in [-0.05, 0) is 102 Å². The lowest BCUT2D eigenvalue weighted by Gasteiger charge is -2.42. The Labute approximate surface area is 182 Å². The summed E-state index contributed by atoms with van der Waals surface area (Å²) >= 11 is 0. The summed E-state index contributed by atoms with van der Waals surface area (Å²) in [5.74, 6) is 4.52. The Bertz CT molecular complexity index is 466. The van der Waals surface area contributed by atoms with Crippen molar-refractivity contribution >= 4 is 0 Å². The lowest BCUT2D eigenvalue weighted by atomic mass is 9.73. The molecule has 2 heteroatoms. The lowest BCUT2D eigenvalue weighted by molar-refractivity contribution is -0.118. The fraction of sp³-hybridized carbons (Fsp3) is 1.00. The molecule has 2 aliphatic rings. The molecule has 2 saturated carbocycles. The van der Waals surface area contributed by atoms with Crippen molar-refractivity contribution in [2.24, 2.45) is 35.5 Å². The van der Waals surface area contributed by atoms with Crippen molar-refractivity contribution in [1.29, 1.82) is 0 Å². The van der Waals surface area contributed by atoms with E-state index in [0.717, 1.165) is 23.7 Å². The van der Waals surface area contributed by atoms with Crippen LogP contribution in [0.25, 0.3) is 0 Å². The molecule has 2 rings (SSSR count). The van der Waals surface area contributed by atoms with Crippen LogP contribution in [0.2, 0.25) is 0 Å². The highest BCUT2D eigenvalue weighted by Crippen LogP contribution is 2.40. The predicted octanol–water partition coefficient (Wildman–Crippen LogP) is 7.89. The number of ether oxygens (including phenoxy) is 2. The molecule has 2 aliphatic carbocycles. The highest BCUT2D eigenvalue weighted by atomic mass is 16.5. The van der Waals surface area contributed by atoms with Crippen LogP contribution in [0.5, 0.6) is 0 Å². The van der Waals surface area contributed by atoms with Crippen LogP contribution < -0.4 is 0 Å². The second-order valence-corrected chi connectivity index (χ2v) is 12.2. The third-order valence-electron chi connectivity index (χ3n) is 7.74. The molecule has 29 heavy (non-hydrogen) atoms. The fourth-order valence-corrected chi connectivity index (χ4v) is 5.94. The van der Waals surface area contributed by atoms with E-state index in [9.17, 15) is 0 Å². The molecule has 0 bridgehead atoms. The molecule has 0 aromatic rings. The zero-order valence-electron chi connectivity index (χ0n) is 21.2. The molecule has 0 aliphatic heterocycles. The smallest absolute Gasteiger partial charge is 0.0615 e. The van der Waals surface area contributed by atoms with Gasteiger partial charge in [-0.15, -0.1) is 0 Å². The van der Waals surface area contributed by atoms with E-state index < -0.39 is 0 Å². The first-order chi connectivity index (χ1) is 13.5. The number of hydrogen-bond acceptors (Lipinski definition) is 2. The third-order valence-corrected chi connectivity index (χ3v) is 7.74. The molecule has 2 fully saturated rings. The molecule has 2 unspecified atom stereocenters. The van der Waals surface area contributed by atoms with Gasteiger partial charge in [-0.2, -0.15) is 0 Å². The Balaban J connectivity index is 1.86. The normalized spacial score (nSPS) is 36.2. The highest BCUT2D eigenvalue weighted by Gasteiger charge is 2.36. The van der Waals surface area contributed by atoms with Crippen molar-refractivity contribution in [3.05, 3.63) is 0 Å². The van der Waals surface area contributed by atoms with Crippen LogP contribution in [-0.2, 0) is 9.47 Å². The minimum atomic E-state index is -0.0420. The quantitative estimate of drug-likeness (QED) is 0.406. The maximum Gasteiger partial charge on any atom is 0.0615 e. The Morgan fingerprint density at radius 3 is 1.86 bits per heavy atom. The van der Waals surface area contributed by atoms with Crippen LogP contribution in [0.15, 0.2) is 0 Å². The van der Waals surface area contributed by atoms with Gasteiger partial charge in [0.25, 0.3) is 0 Å². The molecule has 0 heterocycles. The van der Waals surface area contributed by atoms with Crippen LogP contribution >= 0.6 is 0 Å². The Morgan fingerprint density at radius 1 is 0.759 bits per heavy atom. The molecule has 0 N–H and O–H groups in total. The molecule has 2 nitrogen and oxygen atoms in total. The van der Waals surface area contributed by atoms with Gasteiger partial charge in [0.15, 0.2) is 0 Å². The summed E-state index contributed by atoms with van der Waals surface area (Å²) in [6.07, 6.45) is 11.6. The molecule has 0 amide bonds. The summed E-state index contributed by atoms with van der Waals surface area (Å²) in [6.45, 7) is 21.0. The minimum absolute atomic E-state index is 0.0420. The van der Waals surface area contributed by atoms with Crippen molar-refractivity contribution in [3.63, 3.8) is 0 Å². The first-order valence-corrected chi connectivity index (χ1v) is 12.8. The van der Waals surface area contributed by atoms with Gasteiger partial charge in [0.1, 0.15) is 0 Å². The molecule has 0 saturated heterocycles. The highest BCUT2D eigenvalue weighted by molar-refractivity contribution is 4.85. The maximum absolute atomic E-state index is 6.67. The van der Waals surface area contributed by atoms with E-state index in [-0.39, 0.29) is 5.60 Å². The van der Waals surface area contributed by atoms with Crippen molar-refractivity contribution in [2.75, 3.05) is 0 Å². The fourth-order valence-electron chi connectivity index (χ4n) is 5.94. The standard InChI is InChI=1S/C27H52O2/c1-18(2)23-14-10-19(3)16-25(23)28-22(6)13-12-21(5)24-15-11-20(4)17-26(24)29-27(7,8)9/h18-26H,10-17H2,1-9H3/t19-,20+,21?,22?,23+,24-,25-,26+/m0/s1. The van der Waals surface area contributed by atoms with Crippen LogP contribution in [-0.4, -0.2) is 23.9 Å². The van der Waals surface area contributed by atoms with Crippen LogP contribution in [0, 0.1) is 35.5 Å². The van der Waals surface area contributed by atoms with Crippen LogP contribution in [0.4, 0.5) is 0 Å². The molecule has 0 aromatic heterocycles. The summed E-state index contributed by atoms with van der Waals surface area (Å²) in [5.41, 5.74) is -0.0420. The van der Waals surface area contributed by atoms with E-state index in [1.807, 2.05) is 0 Å². The molecule has 0 spiro atoms. The average Bonchev–Trinajstić information content (AvgIpc) is 2.58. The SMILES string of the molecule is CC(CCC(C)[C@@H]1CC[C@@H](C)C[C@H]1OC(C)(C)C)O[C@H]1C[C@@H](C)CC[C@@H]1C(C)C. The number of hydrogen-bond donors (Lipinski definition) is 0. The molecular weight excluding hydrogens is 356 g/mol. The largest absolute Gasteiger partial charge is 0.375 e. The summed E-state index contributed by atoms with van der Waals surface area (Å²) in [5, 5.41) is 0. The summed E-state index contributed by atoms with van der Waals surface area (Å²) < 4.78 is 13.2. The van der Waals surface area contributed by atoms with Gasteiger partial charge in [-0.3, -0.25) is 0 Å². The van der Waals surface area contributed by atoms with Crippen molar-refractivity contribution in [3.8, 4) is 0 Å². The predicted molar refractivity (Wildman–Crippen MR) is 125 cm³/mol. The Morgan fingerprint density at radius 2 is 1.31 bits per heavy atom. The number of rotatable bonds is 8. The second kappa shape index (κ2) is 11.0. The summed E-state index contributed by atoms with van der Waals surface area (Å²) in [7, 11) is 0. The van der Waals surface area contributed by atoms with E-state index in [1.54, 1.807) is 0 Å². The average molecular weight is 409 g/mol. The molecule has 0 radical (unpaired) electrons. The van der Waals surface area contributed by atoms with Gasteiger partial charge >= 0.3 is 0 Å². The topological polar surface area (TPSA) is 18.5 Å². The Hall–Kier alpha value is -0.0800. The van der Waals surface area contributed by atoms with Gasteiger partial charge in [-0.1, -0.05) is 47.5 Å². The summed E-state index contributed by atoms with van der Waals surface area (Å²) in [4.78, 5) is 0. The van der Waals surface area contributed by atoms with E-state index in [0.29, 0.717) is 30.1 Å². The van der Waals surface area contributed by atoms with Crippen LogP contribution in [0.3, 0.4) is 0 Å². The van der Waals surface area contributed by atoms with Gasteiger partial charge in [0.2, 0.25) is 0 Å². The zero-order valence-corrected chi connectivity index (χ0v) is 21.2. The second-order valence-electron chi connectivity index (χ2n) is 12.2. The van der Waals surface area contributed by atoms with Crippen molar-refractivity contribution in [1.82, 2.24) is 0 Å². The Kier molecular flexibility index (Phi) is 9.54. The van der Waals surface area contributed by atoms with Gasteiger partial charge < -0.3 is 9.47 Å². The van der Waals surface area contributed by atoms with E-state index in [2.05, 4.69) is 62.3 Å². The van der Waals surface area contributed by atoms with Gasteiger partial charge in [-0.25, -0.2) is 0 Å². The van der Waals surface area contributed by atoms with E-state index in [1.165, 1.54) is 51.4 Å². The van der Waals surface area contributed by atoms with E-state index in [4.69, 9.17) is 9.47 Å². The van der Waals surface area contributed by atoms with Crippen LogP contribution in [0.1, 0.15) is 114 Å². The van der Waals surface area contributed by atoms with Gasteiger partial charge in [0, 0.05) is 0 Å². The van der Waals surface area contributed by atoms with Crippen molar-refractivity contribution in [2.45, 2.75) is 138 Å². The van der Waals surface area contributed by atoms with Gasteiger partial charge in [0.05, 0.1) is 23.9 Å². The summed E-state index contributed by atoms with van der Waals surface area (Å²) in [6, 6.07) is 0. The van der Waals surface area contributed by atoms with Crippen molar-refractivity contribution < 1.29 is 9.47 Å². The minimum Gasteiger partial charge on any atom is -0.375 e. The molecule has 0 aromatic carbocycles. The molecule has 172 valence electrons. The first-order valence-electron chi connectivity index (χ1n) is 12.8.